The van der Waals surface area contributed by atoms with E-state index in [0.717, 1.165) is 5.56 Å². The van der Waals surface area contributed by atoms with Gasteiger partial charge in [-0.25, -0.2) is 4.98 Å². The molecule has 1 aromatic heterocycles. The fraction of sp³-hybridized carbons (Fsp3) is 0.615. The zero-order valence-corrected chi connectivity index (χ0v) is 11.1. The number of aromatic nitrogens is 1. The zero-order chi connectivity index (χ0) is 13.1. The Hall–Kier alpha value is -1.13. The molecule has 2 atom stereocenters. The van der Waals surface area contributed by atoms with Crippen LogP contribution in [0.25, 0.3) is 0 Å². The van der Waals surface area contributed by atoms with Gasteiger partial charge in [-0.3, -0.25) is 0 Å². The number of nitrogens with two attached hydrogens (primary N) is 1. The fourth-order valence-corrected chi connectivity index (χ4v) is 1.33. The van der Waals surface area contributed by atoms with Crippen molar-refractivity contribution in [3.05, 3.63) is 23.9 Å². The SMILES string of the molecule is C[C@@H](NC[C@H](O)c1ccc(N)nc1)C(C)(C)C. The first-order chi connectivity index (χ1) is 7.80. The van der Waals surface area contributed by atoms with E-state index in [4.69, 9.17) is 5.73 Å². The molecule has 0 spiro atoms. The second-order valence-electron chi connectivity index (χ2n) is 5.53. The van der Waals surface area contributed by atoms with Gasteiger partial charge in [-0.1, -0.05) is 26.8 Å². The van der Waals surface area contributed by atoms with Gasteiger partial charge in [0.05, 0.1) is 6.10 Å². The Bertz CT molecular complexity index is 343. The number of nitrogen functional groups attached to an aromatic ring is 1. The topological polar surface area (TPSA) is 71.2 Å². The van der Waals surface area contributed by atoms with Crippen LogP contribution in [0.5, 0.6) is 0 Å². The molecule has 4 heteroatoms. The third-order valence-corrected chi connectivity index (χ3v) is 3.11. The van der Waals surface area contributed by atoms with Crippen LogP contribution in [-0.2, 0) is 0 Å². The Kier molecular flexibility index (Phi) is 4.48. The molecule has 0 radical (unpaired) electrons. The summed E-state index contributed by atoms with van der Waals surface area (Å²) in [7, 11) is 0. The lowest BCUT2D eigenvalue weighted by Crippen LogP contribution is -2.39. The summed E-state index contributed by atoms with van der Waals surface area (Å²) < 4.78 is 0. The Labute approximate surface area is 103 Å². The molecule has 0 saturated heterocycles. The zero-order valence-electron chi connectivity index (χ0n) is 11.1. The van der Waals surface area contributed by atoms with Gasteiger partial charge >= 0.3 is 0 Å². The molecule has 0 bridgehead atoms. The second-order valence-corrected chi connectivity index (χ2v) is 5.53. The maximum Gasteiger partial charge on any atom is 0.123 e. The van der Waals surface area contributed by atoms with Gasteiger partial charge in [0.1, 0.15) is 5.82 Å². The first kappa shape index (κ1) is 13.9. The predicted octanol–water partition coefficient (Wildman–Crippen LogP) is 1.72. The lowest BCUT2D eigenvalue weighted by atomic mass is 9.88. The minimum Gasteiger partial charge on any atom is -0.387 e. The molecule has 0 aliphatic heterocycles. The van der Waals surface area contributed by atoms with Crippen molar-refractivity contribution < 1.29 is 5.11 Å². The molecule has 1 heterocycles. The first-order valence-electron chi connectivity index (χ1n) is 5.93. The average Bonchev–Trinajstić information content (AvgIpc) is 2.25. The van der Waals surface area contributed by atoms with Crippen molar-refractivity contribution in [3.8, 4) is 0 Å². The van der Waals surface area contributed by atoms with Gasteiger partial charge in [-0.05, 0) is 18.4 Å². The Morgan fingerprint density at radius 2 is 2.06 bits per heavy atom. The highest BCUT2D eigenvalue weighted by atomic mass is 16.3. The fourth-order valence-electron chi connectivity index (χ4n) is 1.33. The van der Waals surface area contributed by atoms with Crippen LogP contribution in [0.3, 0.4) is 0 Å². The summed E-state index contributed by atoms with van der Waals surface area (Å²) in [6, 6.07) is 3.83. The van der Waals surface area contributed by atoms with E-state index >= 15 is 0 Å². The summed E-state index contributed by atoms with van der Waals surface area (Å²) in [6.07, 6.45) is 1.07. The number of pyridine rings is 1. The molecule has 0 saturated carbocycles. The molecule has 17 heavy (non-hydrogen) atoms. The Morgan fingerprint density at radius 1 is 1.41 bits per heavy atom. The van der Waals surface area contributed by atoms with E-state index < -0.39 is 6.10 Å². The maximum atomic E-state index is 9.98. The minimum absolute atomic E-state index is 0.180. The maximum absolute atomic E-state index is 9.98. The summed E-state index contributed by atoms with van der Waals surface area (Å²) in [6.45, 7) is 9.14. The molecule has 1 aromatic rings. The largest absolute Gasteiger partial charge is 0.387 e. The highest BCUT2D eigenvalue weighted by molar-refractivity contribution is 5.30. The number of aliphatic hydroxyl groups is 1. The van der Waals surface area contributed by atoms with Crippen LogP contribution in [0.4, 0.5) is 5.82 Å². The van der Waals surface area contributed by atoms with Crippen molar-refractivity contribution >= 4 is 5.82 Å². The molecule has 0 aliphatic rings. The predicted molar refractivity (Wildman–Crippen MR) is 70.5 cm³/mol. The van der Waals surface area contributed by atoms with Crippen LogP contribution < -0.4 is 11.1 Å². The van der Waals surface area contributed by atoms with E-state index in [2.05, 4.69) is 38.0 Å². The molecule has 4 nitrogen and oxygen atoms in total. The first-order valence-corrected chi connectivity index (χ1v) is 5.93. The standard InChI is InChI=1S/C13H23N3O/c1-9(13(2,3)4)15-8-11(17)10-5-6-12(14)16-7-10/h5-7,9,11,15,17H,8H2,1-4H3,(H2,14,16)/t9-,11+/m1/s1. The summed E-state index contributed by atoms with van der Waals surface area (Å²) in [5.41, 5.74) is 6.46. The van der Waals surface area contributed by atoms with E-state index in [1.54, 1.807) is 18.3 Å². The van der Waals surface area contributed by atoms with E-state index in [1.165, 1.54) is 0 Å². The van der Waals surface area contributed by atoms with Crippen LogP contribution in [0, 0.1) is 5.41 Å². The lowest BCUT2D eigenvalue weighted by Gasteiger charge is -2.29. The summed E-state index contributed by atoms with van der Waals surface area (Å²) in [4.78, 5) is 3.97. The van der Waals surface area contributed by atoms with Crippen molar-refractivity contribution in [1.82, 2.24) is 10.3 Å². The number of hydrogen-bond donors (Lipinski definition) is 3. The van der Waals surface area contributed by atoms with Crippen molar-refractivity contribution in [2.45, 2.75) is 39.8 Å². The minimum atomic E-state index is -0.548. The van der Waals surface area contributed by atoms with E-state index in [9.17, 15) is 5.11 Å². The van der Waals surface area contributed by atoms with Gasteiger partial charge in [0, 0.05) is 24.3 Å². The van der Waals surface area contributed by atoms with Crippen molar-refractivity contribution in [3.63, 3.8) is 0 Å². The van der Waals surface area contributed by atoms with Crippen LogP contribution >= 0.6 is 0 Å². The van der Waals surface area contributed by atoms with Gasteiger partial charge in [0.15, 0.2) is 0 Å². The van der Waals surface area contributed by atoms with Gasteiger partial charge in [0.25, 0.3) is 0 Å². The number of anilines is 1. The summed E-state index contributed by atoms with van der Waals surface area (Å²) in [5.74, 6) is 0.469. The molecule has 0 amide bonds. The number of nitrogens with one attached hydrogen (secondary N) is 1. The summed E-state index contributed by atoms with van der Waals surface area (Å²) >= 11 is 0. The second kappa shape index (κ2) is 5.47. The van der Waals surface area contributed by atoms with Crippen molar-refractivity contribution in [2.24, 2.45) is 5.41 Å². The average molecular weight is 237 g/mol. The monoisotopic (exact) mass is 237 g/mol. The van der Waals surface area contributed by atoms with Gasteiger partial charge in [-0.15, -0.1) is 0 Å². The Balaban J connectivity index is 2.50. The van der Waals surface area contributed by atoms with Crippen LogP contribution in [0.15, 0.2) is 18.3 Å². The number of hydrogen-bond acceptors (Lipinski definition) is 4. The number of aliphatic hydroxyl groups excluding tert-OH is 1. The van der Waals surface area contributed by atoms with E-state index in [-0.39, 0.29) is 5.41 Å². The van der Waals surface area contributed by atoms with E-state index in [1.807, 2.05) is 0 Å². The number of rotatable bonds is 4. The van der Waals surface area contributed by atoms with Crippen LogP contribution in [0.1, 0.15) is 39.4 Å². The molecule has 0 fully saturated rings. The van der Waals surface area contributed by atoms with E-state index in [0.29, 0.717) is 18.4 Å². The van der Waals surface area contributed by atoms with Gasteiger partial charge in [-0.2, -0.15) is 0 Å². The summed E-state index contributed by atoms with van der Waals surface area (Å²) in [5, 5.41) is 13.3. The van der Waals surface area contributed by atoms with Crippen LogP contribution in [0.2, 0.25) is 0 Å². The van der Waals surface area contributed by atoms with Gasteiger partial charge in [0.2, 0.25) is 0 Å². The molecule has 96 valence electrons. The molecule has 1 rings (SSSR count). The number of nitrogens with zero attached hydrogens (tertiary/aromatic N) is 1. The van der Waals surface area contributed by atoms with Crippen molar-refractivity contribution in [1.29, 1.82) is 0 Å². The lowest BCUT2D eigenvalue weighted by molar-refractivity contribution is 0.157. The highest BCUT2D eigenvalue weighted by Gasteiger charge is 2.20. The molecule has 0 unspecified atom stereocenters. The highest BCUT2D eigenvalue weighted by Crippen LogP contribution is 2.19. The molecular formula is C13H23N3O. The van der Waals surface area contributed by atoms with Gasteiger partial charge < -0.3 is 16.2 Å². The Morgan fingerprint density at radius 3 is 2.53 bits per heavy atom. The molecule has 4 N–H and O–H groups in total. The van der Waals surface area contributed by atoms with Crippen molar-refractivity contribution in [2.75, 3.05) is 12.3 Å². The molecule has 0 aromatic carbocycles. The third kappa shape index (κ3) is 4.32. The molecular weight excluding hydrogens is 214 g/mol. The molecule has 0 aliphatic carbocycles. The van der Waals surface area contributed by atoms with Crippen LogP contribution in [-0.4, -0.2) is 22.7 Å². The smallest absolute Gasteiger partial charge is 0.123 e. The quantitative estimate of drug-likeness (QED) is 0.745. The third-order valence-electron chi connectivity index (χ3n) is 3.11. The normalized spacial score (nSPS) is 15.6.